The molecule has 0 saturated carbocycles. The molecule has 0 amide bonds. The molecule has 0 aliphatic carbocycles. The molecule has 0 fully saturated rings. The molecule has 1 atom stereocenters. The van der Waals surface area contributed by atoms with Gasteiger partial charge in [0.05, 0.1) is 6.04 Å². The van der Waals surface area contributed by atoms with Gasteiger partial charge in [-0.25, -0.2) is 4.98 Å². The Labute approximate surface area is 116 Å². The van der Waals surface area contributed by atoms with E-state index in [2.05, 4.69) is 15.0 Å². The van der Waals surface area contributed by atoms with Gasteiger partial charge in [-0.2, -0.15) is 8.78 Å². The summed E-state index contributed by atoms with van der Waals surface area (Å²) in [5.41, 5.74) is 0.940. The summed E-state index contributed by atoms with van der Waals surface area (Å²) in [6.45, 7) is 0.0531. The number of hydrogen-bond acceptors (Lipinski definition) is 3. The van der Waals surface area contributed by atoms with E-state index in [-0.39, 0.29) is 11.8 Å². The number of nitrogens with one attached hydrogen (secondary N) is 1. The van der Waals surface area contributed by atoms with Crippen molar-refractivity contribution in [2.24, 2.45) is 0 Å². The van der Waals surface area contributed by atoms with Gasteiger partial charge in [0.1, 0.15) is 11.6 Å². The summed E-state index contributed by atoms with van der Waals surface area (Å²) in [7, 11) is 1.84. The fourth-order valence-electron chi connectivity index (χ4n) is 2.14. The van der Waals surface area contributed by atoms with E-state index in [1.165, 1.54) is 12.1 Å². The first-order valence-electron chi connectivity index (χ1n) is 6.38. The highest BCUT2D eigenvalue weighted by molar-refractivity contribution is 5.32. The molecule has 0 aliphatic heterocycles. The second kappa shape index (κ2) is 6.47. The van der Waals surface area contributed by atoms with Gasteiger partial charge in [0.15, 0.2) is 0 Å². The van der Waals surface area contributed by atoms with Crippen molar-refractivity contribution in [1.82, 2.24) is 14.9 Å². The summed E-state index contributed by atoms with van der Waals surface area (Å²) in [5, 5.41) is 3.18. The molecule has 1 heterocycles. The van der Waals surface area contributed by atoms with Crippen LogP contribution < -0.4 is 10.1 Å². The molecule has 0 aliphatic rings. The van der Waals surface area contributed by atoms with Crippen molar-refractivity contribution in [1.29, 1.82) is 0 Å². The minimum atomic E-state index is -2.81. The molecule has 6 heteroatoms. The van der Waals surface area contributed by atoms with Crippen LogP contribution in [0.2, 0.25) is 0 Å². The molecule has 4 nitrogen and oxygen atoms in total. The van der Waals surface area contributed by atoms with Crippen LogP contribution in [0.4, 0.5) is 8.78 Å². The molecule has 20 heavy (non-hydrogen) atoms. The van der Waals surface area contributed by atoms with Crippen molar-refractivity contribution < 1.29 is 13.5 Å². The lowest BCUT2D eigenvalue weighted by molar-refractivity contribution is -0.0498. The van der Waals surface area contributed by atoms with Crippen LogP contribution in [0, 0.1) is 0 Å². The smallest absolute Gasteiger partial charge is 0.387 e. The Morgan fingerprint density at radius 2 is 2.00 bits per heavy atom. The Morgan fingerprint density at radius 1 is 1.30 bits per heavy atom. The first-order chi connectivity index (χ1) is 9.65. The molecule has 0 bridgehead atoms. The molecule has 1 unspecified atom stereocenters. The minimum absolute atomic E-state index is 0.0921. The fourth-order valence-corrected chi connectivity index (χ4v) is 2.14. The lowest BCUT2D eigenvalue weighted by Crippen LogP contribution is -2.21. The SMILES string of the molecule is CCn1ccnc1C(NC)c1ccc(OC(F)F)cc1. The Bertz CT molecular complexity index is 540. The van der Waals surface area contributed by atoms with Crippen LogP contribution in [-0.4, -0.2) is 23.2 Å². The van der Waals surface area contributed by atoms with Gasteiger partial charge in [0.2, 0.25) is 0 Å². The second-order valence-corrected chi connectivity index (χ2v) is 4.24. The first kappa shape index (κ1) is 14.5. The van der Waals surface area contributed by atoms with Crippen molar-refractivity contribution in [2.75, 3.05) is 7.05 Å². The number of aryl methyl sites for hydroxylation is 1. The number of hydrogen-bond donors (Lipinski definition) is 1. The Morgan fingerprint density at radius 3 is 2.55 bits per heavy atom. The van der Waals surface area contributed by atoms with E-state index >= 15 is 0 Å². The van der Waals surface area contributed by atoms with Crippen LogP contribution in [0.3, 0.4) is 0 Å². The number of alkyl halides is 2. The van der Waals surface area contributed by atoms with Crippen molar-refractivity contribution in [3.63, 3.8) is 0 Å². The van der Waals surface area contributed by atoms with Gasteiger partial charge in [-0.3, -0.25) is 0 Å². The monoisotopic (exact) mass is 281 g/mol. The van der Waals surface area contributed by atoms with Crippen molar-refractivity contribution in [2.45, 2.75) is 26.1 Å². The van der Waals surface area contributed by atoms with E-state index in [1.54, 1.807) is 18.3 Å². The topological polar surface area (TPSA) is 39.1 Å². The van der Waals surface area contributed by atoms with E-state index in [0.29, 0.717) is 0 Å². The molecule has 1 aromatic heterocycles. The minimum Gasteiger partial charge on any atom is -0.435 e. The van der Waals surface area contributed by atoms with Crippen LogP contribution in [0.25, 0.3) is 0 Å². The number of ether oxygens (including phenoxy) is 1. The number of imidazole rings is 1. The highest BCUT2D eigenvalue weighted by Crippen LogP contribution is 2.23. The number of halogens is 2. The van der Waals surface area contributed by atoms with Gasteiger partial charge in [-0.05, 0) is 31.7 Å². The number of rotatable bonds is 6. The van der Waals surface area contributed by atoms with Crippen molar-refractivity contribution in [3.05, 3.63) is 48.0 Å². The van der Waals surface area contributed by atoms with Crippen LogP contribution in [-0.2, 0) is 6.54 Å². The first-order valence-corrected chi connectivity index (χ1v) is 6.38. The third-order valence-corrected chi connectivity index (χ3v) is 3.07. The van der Waals surface area contributed by atoms with E-state index in [1.807, 2.05) is 24.7 Å². The lowest BCUT2D eigenvalue weighted by atomic mass is 10.1. The van der Waals surface area contributed by atoms with Crippen LogP contribution in [0.5, 0.6) is 5.75 Å². The molecule has 2 rings (SSSR count). The second-order valence-electron chi connectivity index (χ2n) is 4.24. The van der Waals surface area contributed by atoms with E-state index in [4.69, 9.17) is 0 Å². The molecular formula is C14H17F2N3O. The normalized spacial score (nSPS) is 12.7. The average Bonchev–Trinajstić information content (AvgIpc) is 2.89. The zero-order chi connectivity index (χ0) is 14.5. The molecule has 0 radical (unpaired) electrons. The summed E-state index contributed by atoms with van der Waals surface area (Å²) in [6, 6.07) is 6.49. The summed E-state index contributed by atoms with van der Waals surface area (Å²) in [5.74, 6) is 1.04. The van der Waals surface area contributed by atoms with Gasteiger partial charge in [0, 0.05) is 18.9 Å². The highest BCUT2D eigenvalue weighted by Gasteiger charge is 2.17. The third-order valence-electron chi connectivity index (χ3n) is 3.07. The van der Waals surface area contributed by atoms with Gasteiger partial charge in [-0.1, -0.05) is 12.1 Å². The largest absolute Gasteiger partial charge is 0.435 e. The maximum absolute atomic E-state index is 12.1. The Hall–Kier alpha value is -1.95. The van der Waals surface area contributed by atoms with Gasteiger partial charge < -0.3 is 14.6 Å². The maximum Gasteiger partial charge on any atom is 0.387 e. The van der Waals surface area contributed by atoms with Gasteiger partial charge >= 0.3 is 6.61 Å². The molecule has 1 N–H and O–H groups in total. The number of nitrogens with zero attached hydrogens (tertiary/aromatic N) is 2. The van der Waals surface area contributed by atoms with E-state index in [9.17, 15) is 8.78 Å². The summed E-state index contributed by atoms with van der Waals surface area (Å²) in [6.07, 6.45) is 3.66. The highest BCUT2D eigenvalue weighted by atomic mass is 19.3. The number of benzene rings is 1. The average molecular weight is 281 g/mol. The van der Waals surface area contributed by atoms with E-state index in [0.717, 1.165) is 17.9 Å². The maximum atomic E-state index is 12.1. The van der Waals surface area contributed by atoms with Gasteiger partial charge in [-0.15, -0.1) is 0 Å². The number of aromatic nitrogens is 2. The van der Waals surface area contributed by atoms with Crippen LogP contribution >= 0.6 is 0 Å². The standard InChI is InChI=1S/C14H17F2N3O/c1-3-19-9-8-18-13(19)12(17-2)10-4-6-11(7-5-10)20-14(15)16/h4-9,12,14,17H,3H2,1-2H3. The Kier molecular flexibility index (Phi) is 4.68. The summed E-state index contributed by atoms with van der Waals surface area (Å²) < 4.78 is 30.6. The van der Waals surface area contributed by atoms with Crippen molar-refractivity contribution >= 4 is 0 Å². The third kappa shape index (κ3) is 3.14. The lowest BCUT2D eigenvalue weighted by Gasteiger charge is -2.18. The molecular weight excluding hydrogens is 264 g/mol. The zero-order valence-corrected chi connectivity index (χ0v) is 11.4. The quantitative estimate of drug-likeness (QED) is 0.885. The van der Waals surface area contributed by atoms with E-state index < -0.39 is 6.61 Å². The summed E-state index contributed by atoms with van der Waals surface area (Å²) >= 11 is 0. The summed E-state index contributed by atoms with van der Waals surface area (Å²) in [4.78, 5) is 4.35. The van der Waals surface area contributed by atoms with Crippen LogP contribution in [0.15, 0.2) is 36.7 Å². The molecule has 0 spiro atoms. The van der Waals surface area contributed by atoms with Crippen LogP contribution in [0.1, 0.15) is 24.4 Å². The fraction of sp³-hybridized carbons (Fsp3) is 0.357. The Balaban J connectivity index is 2.24. The molecule has 2 aromatic rings. The molecule has 1 aromatic carbocycles. The predicted molar refractivity (Wildman–Crippen MR) is 71.9 cm³/mol. The predicted octanol–water partition coefficient (Wildman–Crippen LogP) is 2.81. The molecule has 0 saturated heterocycles. The molecule has 108 valence electrons. The van der Waals surface area contributed by atoms with Crippen molar-refractivity contribution in [3.8, 4) is 5.75 Å². The zero-order valence-electron chi connectivity index (χ0n) is 11.4. The van der Waals surface area contributed by atoms with Gasteiger partial charge in [0.25, 0.3) is 0 Å².